The average Bonchev–Trinajstić information content (AvgIpc) is 2.75. The van der Waals surface area contributed by atoms with Gasteiger partial charge in [-0.25, -0.2) is 0 Å². The van der Waals surface area contributed by atoms with Gasteiger partial charge in [-0.2, -0.15) is 0 Å². The van der Waals surface area contributed by atoms with Crippen LogP contribution in [0.15, 0.2) is 0 Å². The summed E-state index contributed by atoms with van der Waals surface area (Å²) in [4.78, 5) is 13.9. The number of carbonyl (C=O) groups excluding carboxylic acids is 1. The third kappa shape index (κ3) is 1.25. The highest BCUT2D eigenvalue weighted by Crippen LogP contribution is 2.29. The number of fused-ring (bicyclic) bond motifs is 1. The van der Waals surface area contributed by atoms with Crippen molar-refractivity contribution in [3.63, 3.8) is 0 Å². The lowest BCUT2D eigenvalue weighted by molar-refractivity contribution is -0.123. The maximum absolute atomic E-state index is 11.5. The number of likely N-dealkylation sites (tertiary alicyclic amines) is 1. The van der Waals surface area contributed by atoms with Crippen molar-refractivity contribution >= 4 is 5.91 Å². The molecule has 4 nitrogen and oxygen atoms in total. The van der Waals surface area contributed by atoms with Crippen LogP contribution in [-0.4, -0.2) is 49.6 Å². The summed E-state index contributed by atoms with van der Waals surface area (Å²) in [6.07, 6.45) is 1.01. The molecule has 78 valence electrons. The largest absolute Gasteiger partial charge is 0.355 e. The van der Waals surface area contributed by atoms with E-state index in [2.05, 4.69) is 15.5 Å². The van der Waals surface area contributed by atoms with E-state index in [-0.39, 0.29) is 11.9 Å². The number of amides is 1. The van der Waals surface area contributed by atoms with Crippen molar-refractivity contribution in [3.05, 3.63) is 0 Å². The Bertz CT molecular complexity index is 244. The lowest BCUT2D eigenvalue weighted by Gasteiger charge is -2.22. The van der Waals surface area contributed by atoms with Crippen LogP contribution in [0.2, 0.25) is 0 Å². The van der Waals surface area contributed by atoms with Gasteiger partial charge in [-0.1, -0.05) is 0 Å². The summed E-state index contributed by atoms with van der Waals surface area (Å²) < 4.78 is 0. The molecule has 3 saturated heterocycles. The SMILES string of the molecule is O=C1NCCC1N1CC2CNCC2C1. The average molecular weight is 195 g/mol. The predicted molar refractivity (Wildman–Crippen MR) is 52.8 cm³/mol. The zero-order valence-corrected chi connectivity index (χ0v) is 8.33. The van der Waals surface area contributed by atoms with Crippen molar-refractivity contribution in [1.82, 2.24) is 15.5 Å². The van der Waals surface area contributed by atoms with Gasteiger partial charge in [0.1, 0.15) is 0 Å². The van der Waals surface area contributed by atoms with Crippen molar-refractivity contribution in [2.45, 2.75) is 12.5 Å². The second kappa shape index (κ2) is 3.21. The first-order chi connectivity index (χ1) is 6.84. The maximum atomic E-state index is 11.5. The summed E-state index contributed by atoms with van der Waals surface area (Å²) in [6, 6.07) is 0.181. The number of nitrogens with zero attached hydrogens (tertiary/aromatic N) is 1. The van der Waals surface area contributed by atoms with E-state index in [9.17, 15) is 4.79 Å². The fourth-order valence-corrected chi connectivity index (χ4v) is 3.08. The van der Waals surface area contributed by atoms with E-state index in [4.69, 9.17) is 0 Å². The van der Waals surface area contributed by atoms with Crippen molar-refractivity contribution < 1.29 is 4.79 Å². The van der Waals surface area contributed by atoms with E-state index in [0.717, 1.165) is 51.0 Å². The highest BCUT2D eigenvalue weighted by molar-refractivity contribution is 5.83. The van der Waals surface area contributed by atoms with Gasteiger partial charge in [-0.3, -0.25) is 9.69 Å². The number of carbonyl (C=O) groups is 1. The second-order valence-corrected chi connectivity index (χ2v) is 4.73. The summed E-state index contributed by atoms with van der Waals surface area (Å²) in [6.45, 7) is 5.41. The van der Waals surface area contributed by atoms with Crippen LogP contribution in [0.3, 0.4) is 0 Å². The maximum Gasteiger partial charge on any atom is 0.237 e. The predicted octanol–water partition coefficient (Wildman–Crippen LogP) is -0.974. The molecule has 14 heavy (non-hydrogen) atoms. The van der Waals surface area contributed by atoms with Gasteiger partial charge in [-0.15, -0.1) is 0 Å². The molecule has 0 saturated carbocycles. The normalized spacial score (nSPS) is 42.9. The van der Waals surface area contributed by atoms with E-state index in [1.807, 2.05) is 0 Å². The van der Waals surface area contributed by atoms with Crippen LogP contribution in [0.4, 0.5) is 0 Å². The zero-order valence-electron chi connectivity index (χ0n) is 8.33. The molecule has 1 amide bonds. The van der Waals surface area contributed by atoms with E-state index in [1.165, 1.54) is 0 Å². The highest BCUT2D eigenvalue weighted by atomic mass is 16.2. The Morgan fingerprint density at radius 2 is 1.93 bits per heavy atom. The highest BCUT2D eigenvalue weighted by Gasteiger charge is 2.41. The fourth-order valence-electron chi connectivity index (χ4n) is 3.08. The number of hydrogen-bond donors (Lipinski definition) is 2. The van der Waals surface area contributed by atoms with Gasteiger partial charge in [0.25, 0.3) is 0 Å². The van der Waals surface area contributed by atoms with Crippen molar-refractivity contribution in [2.75, 3.05) is 32.7 Å². The minimum Gasteiger partial charge on any atom is -0.355 e. The minimum atomic E-state index is 0.181. The second-order valence-electron chi connectivity index (χ2n) is 4.73. The van der Waals surface area contributed by atoms with Crippen molar-refractivity contribution in [1.29, 1.82) is 0 Å². The molecule has 4 heteroatoms. The number of rotatable bonds is 1. The molecule has 0 aromatic carbocycles. The quantitative estimate of drug-likeness (QED) is 0.565. The molecule has 0 aliphatic carbocycles. The summed E-state index contributed by atoms with van der Waals surface area (Å²) >= 11 is 0. The van der Waals surface area contributed by atoms with Crippen molar-refractivity contribution in [3.8, 4) is 0 Å². The Hall–Kier alpha value is -0.610. The molecular weight excluding hydrogens is 178 g/mol. The first-order valence-corrected chi connectivity index (χ1v) is 5.57. The molecule has 0 aromatic rings. The molecule has 0 spiro atoms. The monoisotopic (exact) mass is 195 g/mol. The third-order valence-corrected chi connectivity index (χ3v) is 3.88. The summed E-state index contributed by atoms with van der Waals surface area (Å²) in [5, 5.41) is 6.34. The van der Waals surface area contributed by atoms with E-state index >= 15 is 0 Å². The van der Waals surface area contributed by atoms with E-state index < -0.39 is 0 Å². The minimum absolute atomic E-state index is 0.181. The molecule has 3 unspecified atom stereocenters. The van der Waals surface area contributed by atoms with Gasteiger partial charge >= 0.3 is 0 Å². The Morgan fingerprint density at radius 3 is 2.50 bits per heavy atom. The molecule has 3 aliphatic rings. The lowest BCUT2D eigenvalue weighted by Crippen LogP contribution is -2.40. The molecule has 0 bridgehead atoms. The molecule has 3 heterocycles. The van der Waals surface area contributed by atoms with Gasteiger partial charge < -0.3 is 10.6 Å². The molecule has 0 radical (unpaired) electrons. The van der Waals surface area contributed by atoms with Crippen LogP contribution < -0.4 is 10.6 Å². The van der Waals surface area contributed by atoms with Crippen LogP contribution in [0, 0.1) is 11.8 Å². The van der Waals surface area contributed by atoms with Crippen LogP contribution in [0.5, 0.6) is 0 Å². The first kappa shape index (κ1) is 8.68. The third-order valence-electron chi connectivity index (χ3n) is 3.88. The molecule has 0 aromatic heterocycles. The first-order valence-electron chi connectivity index (χ1n) is 5.57. The fraction of sp³-hybridized carbons (Fsp3) is 0.900. The Kier molecular flexibility index (Phi) is 1.99. The molecule has 2 N–H and O–H groups in total. The Labute approximate surface area is 84.0 Å². The Balaban J connectivity index is 1.67. The van der Waals surface area contributed by atoms with Gasteiger partial charge in [-0.05, 0) is 31.3 Å². The van der Waals surface area contributed by atoms with Crippen LogP contribution in [0.1, 0.15) is 6.42 Å². The van der Waals surface area contributed by atoms with Crippen LogP contribution in [-0.2, 0) is 4.79 Å². The molecular formula is C10H17N3O. The summed E-state index contributed by atoms with van der Waals surface area (Å²) in [5.74, 6) is 1.84. The van der Waals surface area contributed by atoms with Gasteiger partial charge in [0.15, 0.2) is 0 Å². The summed E-state index contributed by atoms with van der Waals surface area (Å²) in [7, 11) is 0. The summed E-state index contributed by atoms with van der Waals surface area (Å²) in [5.41, 5.74) is 0. The topological polar surface area (TPSA) is 44.4 Å². The molecule has 3 fully saturated rings. The standard InChI is InChI=1S/C10H17N3O/c14-10-9(1-2-12-10)13-5-7-3-11-4-8(7)6-13/h7-9,11H,1-6H2,(H,12,14). The van der Waals surface area contributed by atoms with Gasteiger partial charge in [0.2, 0.25) is 5.91 Å². The zero-order chi connectivity index (χ0) is 9.54. The lowest BCUT2D eigenvalue weighted by atomic mass is 10.0. The van der Waals surface area contributed by atoms with Gasteiger partial charge in [0, 0.05) is 19.6 Å². The molecule has 3 atom stereocenters. The number of nitrogens with one attached hydrogen (secondary N) is 2. The van der Waals surface area contributed by atoms with Gasteiger partial charge in [0.05, 0.1) is 6.04 Å². The van der Waals surface area contributed by atoms with E-state index in [1.54, 1.807) is 0 Å². The Morgan fingerprint density at radius 1 is 1.21 bits per heavy atom. The van der Waals surface area contributed by atoms with Crippen molar-refractivity contribution in [2.24, 2.45) is 11.8 Å². The number of hydrogen-bond acceptors (Lipinski definition) is 3. The van der Waals surface area contributed by atoms with E-state index in [0.29, 0.717) is 0 Å². The van der Waals surface area contributed by atoms with Crippen LogP contribution >= 0.6 is 0 Å². The van der Waals surface area contributed by atoms with Crippen LogP contribution in [0.25, 0.3) is 0 Å². The molecule has 3 aliphatic heterocycles. The molecule has 3 rings (SSSR count). The smallest absolute Gasteiger partial charge is 0.237 e.